The van der Waals surface area contributed by atoms with Gasteiger partial charge in [0, 0.05) is 6.20 Å². The topological polar surface area (TPSA) is 110 Å². The molecule has 0 spiro atoms. The van der Waals surface area contributed by atoms with E-state index in [1.54, 1.807) is 0 Å². The van der Waals surface area contributed by atoms with E-state index in [2.05, 4.69) is 21.0 Å². The van der Waals surface area contributed by atoms with Crippen molar-refractivity contribution in [3.8, 4) is 18.2 Å². The van der Waals surface area contributed by atoms with Crippen LogP contribution in [0.25, 0.3) is 5.57 Å². The highest BCUT2D eigenvalue weighted by atomic mass is 35.5. The lowest BCUT2D eigenvalue weighted by molar-refractivity contribution is 0.902. The highest BCUT2D eigenvalue weighted by molar-refractivity contribution is 8.24. The summed E-state index contributed by atoms with van der Waals surface area (Å²) in [5, 5.41) is 29.1. The van der Waals surface area contributed by atoms with Crippen molar-refractivity contribution >= 4 is 52.3 Å². The van der Waals surface area contributed by atoms with Crippen LogP contribution in [0.2, 0.25) is 10.0 Å². The lowest BCUT2D eigenvalue weighted by atomic mass is 10.2. The zero-order valence-corrected chi connectivity index (χ0v) is 14.6. The molecule has 0 fully saturated rings. The number of nitriles is 3. The number of fused-ring (bicyclic) bond motifs is 1. The minimum Gasteiger partial charge on any atom is -0.252 e. The Bertz CT molecular complexity index is 984. The van der Waals surface area contributed by atoms with Gasteiger partial charge in [0.25, 0.3) is 0 Å². The fraction of sp³-hybridized carbons (Fsp3) is 0. The molecule has 1 aliphatic heterocycles. The molecule has 0 aliphatic carbocycles. The predicted octanol–water partition coefficient (Wildman–Crippen LogP) is 4.01. The largest absolute Gasteiger partial charge is 0.252 e. The third kappa shape index (κ3) is 2.91. The average molecular weight is 389 g/mol. The smallest absolute Gasteiger partial charge is 0.178 e. The molecule has 3 rings (SSSR count). The highest BCUT2D eigenvalue weighted by Gasteiger charge is 2.28. The SMILES string of the molecule is N#CC(=C1Sc2nc(C#N)c(C#N)nc2S1)c1ncc(Cl)cc1Cl. The van der Waals surface area contributed by atoms with Gasteiger partial charge in [-0.05, 0) is 6.07 Å². The minimum atomic E-state index is -0.0493. The molecule has 0 radical (unpaired) electrons. The third-order valence-electron chi connectivity index (χ3n) is 2.79. The molecule has 0 unspecified atom stereocenters. The maximum atomic E-state index is 9.50. The summed E-state index contributed by atoms with van der Waals surface area (Å²) in [5.41, 5.74) is 0.453. The Kier molecular flexibility index (Phi) is 4.62. The summed E-state index contributed by atoms with van der Waals surface area (Å²) < 4.78 is 0.572. The molecule has 2 aromatic rings. The van der Waals surface area contributed by atoms with Gasteiger partial charge in [-0.15, -0.1) is 0 Å². The number of nitrogens with zero attached hydrogens (tertiary/aromatic N) is 6. The van der Waals surface area contributed by atoms with Crippen molar-refractivity contribution in [2.45, 2.75) is 10.1 Å². The normalized spacial score (nSPS) is 12.0. The summed E-state index contributed by atoms with van der Waals surface area (Å²) in [5.74, 6) is 0. The number of rotatable bonds is 1. The number of aromatic nitrogens is 3. The van der Waals surface area contributed by atoms with E-state index in [4.69, 9.17) is 33.7 Å². The third-order valence-corrected chi connectivity index (χ3v) is 5.64. The Morgan fingerprint density at radius 1 is 1.00 bits per heavy atom. The molecule has 0 amide bonds. The monoisotopic (exact) mass is 388 g/mol. The zero-order chi connectivity index (χ0) is 17.3. The van der Waals surface area contributed by atoms with Gasteiger partial charge in [0.15, 0.2) is 11.4 Å². The van der Waals surface area contributed by atoms with E-state index in [1.807, 2.05) is 12.1 Å². The number of hydrogen-bond acceptors (Lipinski definition) is 8. The summed E-state index contributed by atoms with van der Waals surface area (Å²) in [7, 11) is 0. The van der Waals surface area contributed by atoms with Crippen LogP contribution in [0.15, 0.2) is 26.6 Å². The van der Waals surface area contributed by atoms with Gasteiger partial charge >= 0.3 is 0 Å². The van der Waals surface area contributed by atoms with Crippen LogP contribution in [0.5, 0.6) is 0 Å². The van der Waals surface area contributed by atoms with E-state index in [-0.39, 0.29) is 22.0 Å². The summed E-state index contributed by atoms with van der Waals surface area (Å²) in [6, 6.07) is 7.24. The van der Waals surface area contributed by atoms with E-state index < -0.39 is 0 Å². The quantitative estimate of drug-likeness (QED) is 0.673. The molecule has 3 heterocycles. The minimum absolute atomic E-state index is 0.0493. The standard InChI is InChI=1S/C14H2Cl2N6S2/c15-6-1-8(16)11(20-5-6)7(2-17)14-23-12-13(24-14)22-10(4-19)9(3-18)21-12/h1,5H. The van der Waals surface area contributed by atoms with Crippen LogP contribution in [0, 0.1) is 34.0 Å². The van der Waals surface area contributed by atoms with Crippen LogP contribution in [-0.2, 0) is 0 Å². The van der Waals surface area contributed by atoms with Crippen molar-refractivity contribution < 1.29 is 0 Å². The maximum absolute atomic E-state index is 9.50. The molecule has 6 nitrogen and oxygen atoms in total. The predicted molar refractivity (Wildman–Crippen MR) is 90.0 cm³/mol. The van der Waals surface area contributed by atoms with Crippen LogP contribution in [-0.4, -0.2) is 15.0 Å². The Morgan fingerprint density at radius 2 is 1.58 bits per heavy atom. The number of thioether (sulfide) groups is 2. The highest BCUT2D eigenvalue weighted by Crippen LogP contribution is 2.52. The Hall–Kier alpha value is -2.28. The molecule has 10 heteroatoms. The van der Waals surface area contributed by atoms with Gasteiger partial charge in [0.2, 0.25) is 0 Å². The van der Waals surface area contributed by atoms with Gasteiger partial charge in [-0.3, -0.25) is 4.98 Å². The summed E-state index contributed by atoms with van der Waals surface area (Å²) in [4.78, 5) is 12.3. The van der Waals surface area contributed by atoms with E-state index in [0.717, 1.165) is 0 Å². The van der Waals surface area contributed by atoms with Crippen LogP contribution in [0.1, 0.15) is 17.1 Å². The first-order valence-corrected chi connectivity index (χ1v) is 8.50. The van der Waals surface area contributed by atoms with Crippen molar-refractivity contribution in [3.05, 3.63) is 43.6 Å². The second-order valence-electron chi connectivity index (χ2n) is 4.22. The van der Waals surface area contributed by atoms with Crippen molar-refractivity contribution in [2.75, 3.05) is 0 Å². The van der Waals surface area contributed by atoms with Crippen LogP contribution >= 0.6 is 46.7 Å². The first kappa shape index (κ1) is 16.6. The van der Waals surface area contributed by atoms with Gasteiger partial charge in [-0.2, -0.15) is 15.8 Å². The van der Waals surface area contributed by atoms with Crippen LogP contribution in [0.4, 0.5) is 0 Å². The summed E-state index contributed by atoms with van der Waals surface area (Å²) >= 11 is 14.3. The molecule has 0 aromatic carbocycles. The number of pyridine rings is 1. The summed E-state index contributed by atoms with van der Waals surface area (Å²) in [6.45, 7) is 0. The van der Waals surface area contributed by atoms with Gasteiger partial charge in [0.1, 0.15) is 34.0 Å². The molecule has 0 bridgehead atoms. The van der Waals surface area contributed by atoms with E-state index >= 15 is 0 Å². The zero-order valence-electron chi connectivity index (χ0n) is 11.4. The molecule has 0 saturated heterocycles. The van der Waals surface area contributed by atoms with Gasteiger partial charge in [0.05, 0.1) is 19.9 Å². The fourth-order valence-electron chi connectivity index (χ4n) is 1.79. The second kappa shape index (κ2) is 6.68. The molecule has 0 N–H and O–H groups in total. The van der Waals surface area contributed by atoms with Crippen molar-refractivity contribution in [1.29, 1.82) is 15.8 Å². The lowest BCUT2D eigenvalue weighted by Crippen LogP contribution is -1.96. The van der Waals surface area contributed by atoms with Crippen molar-refractivity contribution in [3.63, 3.8) is 0 Å². The maximum Gasteiger partial charge on any atom is 0.178 e. The lowest BCUT2D eigenvalue weighted by Gasteiger charge is -2.04. The molecule has 114 valence electrons. The number of hydrogen-bond donors (Lipinski definition) is 0. The van der Waals surface area contributed by atoms with Gasteiger partial charge in [-0.1, -0.05) is 46.7 Å². The molecule has 24 heavy (non-hydrogen) atoms. The second-order valence-corrected chi connectivity index (χ2v) is 7.32. The van der Waals surface area contributed by atoms with Gasteiger partial charge in [-0.25, -0.2) is 9.97 Å². The first-order chi connectivity index (χ1) is 11.6. The molecular weight excluding hydrogens is 387 g/mol. The van der Waals surface area contributed by atoms with Crippen LogP contribution in [0.3, 0.4) is 0 Å². The van der Waals surface area contributed by atoms with E-state index in [1.165, 1.54) is 35.8 Å². The molecule has 0 saturated carbocycles. The Labute approximate surface area is 154 Å². The molecule has 2 aromatic heterocycles. The Balaban J connectivity index is 2.10. The summed E-state index contributed by atoms with van der Waals surface area (Å²) in [6.07, 6.45) is 1.40. The van der Waals surface area contributed by atoms with E-state index in [0.29, 0.717) is 25.0 Å². The molecular formula is C14H2Cl2N6S2. The molecule has 0 atom stereocenters. The first-order valence-electron chi connectivity index (χ1n) is 6.11. The van der Waals surface area contributed by atoms with Gasteiger partial charge < -0.3 is 0 Å². The van der Waals surface area contributed by atoms with E-state index in [9.17, 15) is 5.26 Å². The van der Waals surface area contributed by atoms with Crippen molar-refractivity contribution in [1.82, 2.24) is 15.0 Å². The van der Waals surface area contributed by atoms with Crippen molar-refractivity contribution in [2.24, 2.45) is 0 Å². The van der Waals surface area contributed by atoms with Crippen LogP contribution < -0.4 is 0 Å². The Morgan fingerprint density at radius 3 is 2.04 bits per heavy atom. The number of halogens is 2. The average Bonchev–Trinajstić information content (AvgIpc) is 2.98. The molecule has 1 aliphatic rings. The fourth-order valence-corrected chi connectivity index (χ4v) is 4.53. The number of allylic oxidation sites excluding steroid dienone is 1.